The molecule has 0 aliphatic heterocycles. The molecule has 0 spiro atoms. The highest BCUT2D eigenvalue weighted by atomic mass is 35.5. The van der Waals surface area contributed by atoms with E-state index < -0.39 is 0 Å². The number of H-pyrrole nitrogens is 1. The summed E-state index contributed by atoms with van der Waals surface area (Å²) in [4.78, 5) is 15.6. The molecule has 2 heterocycles. The van der Waals surface area contributed by atoms with Crippen molar-refractivity contribution in [3.63, 3.8) is 0 Å². The summed E-state index contributed by atoms with van der Waals surface area (Å²) in [6.45, 7) is 3.66. The minimum absolute atomic E-state index is 0.307. The Kier molecular flexibility index (Phi) is 4.12. The van der Waals surface area contributed by atoms with Crippen LogP contribution in [0.1, 0.15) is 21.7 Å². The van der Waals surface area contributed by atoms with Gasteiger partial charge >= 0.3 is 5.91 Å². The first-order valence-corrected chi connectivity index (χ1v) is 7.45. The highest BCUT2D eigenvalue weighted by molar-refractivity contribution is 6.33. The number of amides is 1. The van der Waals surface area contributed by atoms with Gasteiger partial charge in [0.1, 0.15) is 17.0 Å². The van der Waals surface area contributed by atoms with Crippen LogP contribution in [-0.4, -0.2) is 11.1 Å². The van der Waals surface area contributed by atoms with E-state index in [4.69, 9.17) is 16.1 Å². The zero-order chi connectivity index (χ0) is 16.4. The van der Waals surface area contributed by atoms with Crippen LogP contribution in [0.3, 0.4) is 0 Å². The van der Waals surface area contributed by atoms with Crippen LogP contribution in [0.2, 0.25) is 5.02 Å². The van der Waals surface area contributed by atoms with Crippen molar-refractivity contribution >= 4 is 23.3 Å². The molecule has 0 saturated heterocycles. The van der Waals surface area contributed by atoms with Crippen LogP contribution in [0.4, 0.5) is 5.82 Å². The molecule has 1 aromatic carbocycles. The highest BCUT2D eigenvalue weighted by Gasteiger charge is 2.26. The topological polar surface area (TPSA) is 69.3 Å². The maximum Gasteiger partial charge on any atom is 0.344 e. The standard InChI is InChI=1S/C17H14ClN3O2/c1-10-7-8-14(19-9-10)20-17(22)15-11(2)23-21-16(15)12-5-3-4-6-13(12)18/h3-9H,1-2H3,(H,19,20,22)/p+1. The Morgan fingerprint density at radius 3 is 2.70 bits per heavy atom. The molecule has 0 bridgehead atoms. The predicted octanol–water partition coefficient (Wildman–Crippen LogP) is 3.68. The number of hydrogen-bond acceptors (Lipinski definition) is 3. The molecule has 0 saturated carbocycles. The summed E-state index contributed by atoms with van der Waals surface area (Å²) in [5.41, 5.74) is 2.52. The molecule has 6 heteroatoms. The Hall–Kier alpha value is -2.66. The van der Waals surface area contributed by atoms with Crippen LogP contribution in [0.5, 0.6) is 0 Å². The average Bonchev–Trinajstić information content (AvgIpc) is 2.91. The van der Waals surface area contributed by atoms with E-state index in [0.717, 1.165) is 5.56 Å². The molecule has 0 radical (unpaired) electrons. The minimum atomic E-state index is -0.307. The molecule has 23 heavy (non-hydrogen) atoms. The molecule has 2 aromatic heterocycles. The maximum absolute atomic E-state index is 12.6. The molecule has 116 valence electrons. The number of pyridine rings is 1. The number of nitrogens with one attached hydrogen (secondary N) is 2. The van der Waals surface area contributed by atoms with Gasteiger partial charge in [0.15, 0.2) is 0 Å². The fourth-order valence-corrected chi connectivity index (χ4v) is 2.47. The molecule has 3 rings (SSSR count). The smallest absolute Gasteiger partial charge is 0.344 e. The van der Waals surface area contributed by atoms with Crippen molar-refractivity contribution in [2.45, 2.75) is 13.8 Å². The van der Waals surface area contributed by atoms with Crippen LogP contribution in [0.25, 0.3) is 11.3 Å². The van der Waals surface area contributed by atoms with E-state index in [0.29, 0.717) is 33.4 Å². The number of halogens is 1. The fourth-order valence-electron chi connectivity index (χ4n) is 2.24. The molecule has 3 aromatic rings. The van der Waals surface area contributed by atoms with E-state index in [9.17, 15) is 4.79 Å². The second-order valence-corrected chi connectivity index (χ2v) is 5.58. The van der Waals surface area contributed by atoms with E-state index in [1.54, 1.807) is 25.1 Å². The van der Waals surface area contributed by atoms with Gasteiger partial charge in [-0.2, -0.15) is 0 Å². The lowest BCUT2D eigenvalue weighted by Crippen LogP contribution is -2.20. The van der Waals surface area contributed by atoms with Gasteiger partial charge in [0, 0.05) is 11.6 Å². The zero-order valence-electron chi connectivity index (χ0n) is 12.7. The van der Waals surface area contributed by atoms with E-state index in [1.165, 1.54) is 0 Å². The summed E-state index contributed by atoms with van der Waals surface area (Å²) >= 11 is 6.20. The second kappa shape index (κ2) is 6.22. The number of anilines is 1. The van der Waals surface area contributed by atoms with Crippen LogP contribution in [0.15, 0.2) is 47.1 Å². The zero-order valence-corrected chi connectivity index (χ0v) is 13.4. The van der Waals surface area contributed by atoms with Crippen molar-refractivity contribution in [3.05, 3.63) is 64.5 Å². The molecule has 2 N–H and O–H groups in total. The Balaban J connectivity index is 1.97. The van der Waals surface area contributed by atoms with Crippen molar-refractivity contribution in [1.82, 2.24) is 5.16 Å². The first-order valence-electron chi connectivity index (χ1n) is 7.07. The fraction of sp³-hybridized carbons (Fsp3) is 0.118. The van der Waals surface area contributed by atoms with Gasteiger partial charge in [-0.05, 0) is 31.5 Å². The van der Waals surface area contributed by atoms with Crippen molar-refractivity contribution in [1.29, 1.82) is 0 Å². The predicted molar refractivity (Wildman–Crippen MR) is 87.4 cm³/mol. The monoisotopic (exact) mass is 328 g/mol. The lowest BCUT2D eigenvalue weighted by atomic mass is 10.1. The number of carbonyl (C=O) groups is 1. The molecule has 1 amide bonds. The lowest BCUT2D eigenvalue weighted by molar-refractivity contribution is -0.361. The van der Waals surface area contributed by atoms with Gasteiger partial charge in [-0.15, -0.1) is 0 Å². The van der Waals surface area contributed by atoms with E-state index in [1.807, 2.05) is 31.3 Å². The summed E-state index contributed by atoms with van der Waals surface area (Å²) in [5, 5.41) is 7.31. The highest BCUT2D eigenvalue weighted by Crippen LogP contribution is 2.31. The Bertz CT molecular complexity index is 857. The van der Waals surface area contributed by atoms with Gasteiger partial charge in [-0.25, -0.2) is 15.1 Å². The third-order valence-electron chi connectivity index (χ3n) is 3.44. The molecule has 0 atom stereocenters. The third-order valence-corrected chi connectivity index (χ3v) is 3.76. The van der Waals surface area contributed by atoms with E-state index >= 15 is 0 Å². The van der Waals surface area contributed by atoms with Crippen molar-refractivity contribution in [2.24, 2.45) is 0 Å². The summed E-state index contributed by atoms with van der Waals surface area (Å²) in [6.07, 6.45) is 1.81. The quantitative estimate of drug-likeness (QED) is 0.797. The molecule has 0 fully saturated rings. The van der Waals surface area contributed by atoms with Gasteiger partial charge in [-0.3, -0.25) is 0 Å². The van der Waals surface area contributed by atoms with Gasteiger partial charge in [0.05, 0.1) is 11.2 Å². The van der Waals surface area contributed by atoms with Crippen LogP contribution in [0, 0.1) is 13.8 Å². The second-order valence-electron chi connectivity index (χ2n) is 5.18. The van der Waals surface area contributed by atoms with E-state index in [2.05, 4.69) is 15.5 Å². The summed E-state index contributed by atoms with van der Waals surface area (Å²) in [6, 6.07) is 10.9. The van der Waals surface area contributed by atoms with Crippen LogP contribution in [-0.2, 0) is 0 Å². The summed E-state index contributed by atoms with van der Waals surface area (Å²) in [7, 11) is 0. The van der Waals surface area contributed by atoms with Gasteiger partial charge < -0.3 is 4.52 Å². The number of nitrogens with zero attached hydrogens (tertiary/aromatic N) is 1. The minimum Gasteiger partial charge on any atom is -0.360 e. The molecular formula is C17H15ClN3O2+. The third kappa shape index (κ3) is 3.10. The molecule has 0 aliphatic carbocycles. The first-order chi connectivity index (χ1) is 11.1. The van der Waals surface area contributed by atoms with E-state index in [-0.39, 0.29) is 5.91 Å². The Morgan fingerprint density at radius 1 is 1.22 bits per heavy atom. The SMILES string of the molecule is Cc1ccc(NC(=O)c2c(-c3ccccc3Cl)noc2C)[nH+]c1. The van der Waals surface area contributed by atoms with Gasteiger partial charge in [0.25, 0.3) is 5.82 Å². The largest absolute Gasteiger partial charge is 0.360 e. The number of aromatic nitrogens is 2. The molecule has 0 aliphatic rings. The van der Waals surface area contributed by atoms with Crippen LogP contribution < -0.4 is 10.3 Å². The maximum atomic E-state index is 12.6. The molecule has 5 nitrogen and oxygen atoms in total. The number of benzene rings is 1. The number of rotatable bonds is 3. The Labute approximate surface area is 138 Å². The Morgan fingerprint density at radius 2 is 2.00 bits per heavy atom. The van der Waals surface area contributed by atoms with Crippen molar-refractivity contribution < 1.29 is 14.3 Å². The number of aromatic amines is 1. The summed E-state index contributed by atoms with van der Waals surface area (Å²) in [5.74, 6) is 0.717. The average molecular weight is 329 g/mol. The normalized spacial score (nSPS) is 10.6. The first kappa shape index (κ1) is 15.2. The lowest BCUT2D eigenvalue weighted by Gasteiger charge is -2.02. The van der Waals surface area contributed by atoms with Crippen molar-refractivity contribution in [3.8, 4) is 11.3 Å². The number of hydrogen-bond donors (Lipinski definition) is 1. The van der Waals surface area contributed by atoms with Crippen LogP contribution >= 0.6 is 11.6 Å². The number of carbonyl (C=O) groups excluding carboxylic acids is 1. The molecular weight excluding hydrogens is 314 g/mol. The molecule has 0 unspecified atom stereocenters. The van der Waals surface area contributed by atoms with Gasteiger partial charge in [-0.1, -0.05) is 35.0 Å². The van der Waals surface area contributed by atoms with Crippen molar-refractivity contribution in [2.75, 3.05) is 5.32 Å². The number of aryl methyl sites for hydroxylation is 2. The summed E-state index contributed by atoms with van der Waals surface area (Å²) < 4.78 is 5.20. The van der Waals surface area contributed by atoms with Gasteiger partial charge in [0.2, 0.25) is 0 Å².